The molecule has 0 spiro atoms. The lowest BCUT2D eigenvalue weighted by Gasteiger charge is -2.15. The van der Waals surface area contributed by atoms with Gasteiger partial charge in [0.2, 0.25) is 10.0 Å². The highest BCUT2D eigenvalue weighted by atomic mass is 32.2. The molecule has 1 aliphatic heterocycles. The number of sulfonamides is 1. The molecule has 0 radical (unpaired) electrons. The Bertz CT molecular complexity index is 672. The van der Waals surface area contributed by atoms with Crippen molar-refractivity contribution in [2.24, 2.45) is 0 Å². The van der Waals surface area contributed by atoms with Crippen LogP contribution in [0.2, 0.25) is 0 Å². The van der Waals surface area contributed by atoms with Crippen LogP contribution in [-0.4, -0.2) is 52.8 Å². The fourth-order valence-corrected chi connectivity index (χ4v) is 3.41. The Kier molecular flexibility index (Phi) is 4.92. The molecule has 0 atom stereocenters. The van der Waals surface area contributed by atoms with E-state index >= 15 is 0 Å². The maximum absolute atomic E-state index is 12.4. The van der Waals surface area contributed by atoms with Crippen molar-refractivity contribution in [2.45, 2.75) is 18.7 Å². The maximum Gasteiger partial charge on any atom is 0.409 e. The van der Waals surface area contributed by atoms with Gasteiger partial charge in [0.15, 0.2) is 0 Å². The number of hydrogen-bond acceptors (Lipinski definition) is 5. The number of amides is 1. The molecule has 22 heavy (non-hydrogen) atoms. The largest absolute Gasteiger partial charge is 0.495 e. The minimum Gasteiger partial charge on any atom is -0.495 e. The molecule has 1 aromatic rings. The Morgan fingerprint density at radius 2 is 2.00 bits per heavy atom. The third-order valence-electron chi connectivity index (χ3n) is 3.59. The molecule has 2 rings (SSSR count). The Hall–Kier alpha value is -1.80. The van der Waals surface area contributed by atoms with Crippen LogP contribution in [0, 0.1) is 13.8 Å². The lowest BCUT2D eigenvalue weighted by atomic mass is 10.1. The van der Waals surface area contributed by atoms with Crippen LogP contribution in [0.15, 0.2) is 17.0 Å². The molecule has 0 unspecified atom stereocenters. The molecule has 8 heteroatoms. The molecule has 0 aromatic heterocycles. The summed E-state index contributed by atoms with van der Waals surface area (Å²) < 4.78 is 37.2. The quantitative estimate of drug-likeness (QED) is 0.843. The number of rotatable bonds is 6. The number of carbonyl (C=O) groups excluding carboxylic acids is 1. The number of aryl methyl sites for hydroxylation is 2. The lowest BCUT2D eigenvalue weighted by Crippen LogP contribution is -2.35. The van der Waals surface area contributed by atoms with E-state index in [0.29, 0.717) is 18.9 Å². The van der Waals surface area contributed by atoms with Crippen LogP contribution < -0.4 is 9.46 Å². The number of cyclic esters (lactones) is 1. The van der Waals surface area contributed by atoms with Crippen molar-refractivity contribution >= 4 is 16.1 Å². The van der Waals surface area contributed by atoms with Crippen LogP contribution in [0.4, 0.5) is 4.79 Å². The Morgan fingerprint density at radius 1 is 1.32 bits per heavy atom. The molecule has 0 saturated carbocycles. The summed E-state index contributed by atoms with van der Waals surface area (Å²) in [4.78, 5) is 12.8. The van der Waals surface area contributed by atoms with Gasteiger partial charge in [-0.25, -0.2) is 17.9 Å². The summed E-state index contributed by atoms with van der Waals surface area (Å²) in [5.41, 5.74) is 1.82. The maximum atomic E-state index is 12.4. The number of carbonyl (C=O) groups is 1. The number of nitrogens with zero attached hydrogens (tertiary/aromatic N) is 1. The zero-order valence-corrected chi connectivity index (χ0v) is 13.7. The smallest absolute Gasteiger partial charge is 0.409 e. The second-order valence-corrected chi connectivity index (χ2v) is 6.82. The van der Waals surface area contributed by atoms with Crippen molar-refractivity contribution in [1.82, 2.24) is 9.62 Å². The van der Waals surface area contributed by atoms with Gasteiger partial charge in [-0.2, -0.15) is 0 Å². The van der Waals surface area contributed by atoms with Gasteiger partial charge in [0.05, 0.1) is 13.7 Å². The first-order valence-corrected chi connectivity index (χ1v) is 8.40. The van der Waals surface area contributed by atoms with Crippen molar-refractivity contribution in [1.29, 1.82) is 0 Å². The number of benzene rings is 1. The van der Waals surface area contributed by atoms with Crippen LogP contribution in [-0.2, 0) is 14.8 Å². The molecule has 0 aliphatic carbocycles. The summed E-state index contributed by atoms with van der Waals surface area (Å²) in [5, 5.41) is 0. The zero-order chi connectivity index (χ0) is 16.3. The third-order valence-corrected chi connectivity index (χ3v) is 5.07. The number of methoxy groups -OCH3 is 1. The molecule has 1 heterocycles. The van der Waals surface area contributed by atoms with Crippen LogP contribution in [0.3, 0.4) is 0 Å². The van der Waals surface area contributed by atoms with Gasteiger partial charge in [-0.15, -0.1) is 0 Å². The van der Waals surface area contributed by atoms with Gasteiger partial charge in [-0.3, -0.25) is 0 Å². The number of hydrogen-bond donors (Lipinski definition) is 1. The standard InChI is InChI=1S/C14H20N2O5S/c1-10-8-12(20-3)13(9-11(10)2)22(18,19)15-4-5-16-6-7-21-14(16)17/h8-9,15H,4-7H2,1-3H3. The first kappa shape index (κ1) is 16.6. The van der Waals surface area contributed by atoms with Crippen LogP contribution in [0.5, 0.6) is 5.75 Å². The van der Waals surface area contributed by atoms with Crippen LogP contribution >= 0.6 is 0 Å². The predicted molar refractivity (Wildman–Crippen MR) is 80.6 cm³/mol. The first-order valence-electron chi connectivity index (χ1n) is 6.92. The van der Waals surface area contributed by atoms with Gasteiger partial charge in [0, 0.05) is 13.1 Å². The summed E-state index contributed by atoms with van der Waals surface area (Å²) in [6.45, 7) is 4.94. The van der Waals surface area contributed by atoms with Gasteiger partial charge in [0.25, 0.3) is 0 Å². The average Bonchev–Trinajstić information content (AvgIpc) is 2.86. The van der Waals surface area contributed by atoms with E-state index in [1.807, 2.05) is 13.8 Å². The second kappa shape index (κ2) is 6.53. The first-order chi connectivity index (χ1) is 10.3. The van der Waals surface area contributed by atoms with E-state index < -0.39 is 16.1 Å². The van der Waals surface area contributed by atoms with E-state index in [9.17, 15) is 13.2 Å². The molecule has 1 amide bonds. The monoisotopic (exact) mass is 328 g/mol. The normalized spacial score (nSPS) is 15.0. The van der Waals surface area contributed by atoms with Crippen molar-refractivity contribution in [2.75, 3.05) is 33.4 Å². The van der Waals surface area contributed by atoms with Crippen molar-refractivity contribution in [3.05, 3.63) is 23.3 Å². The summed E-state index contributed by atoms with van der Waals surface area (Å²) in [6.07, 6.45) is -0.414. The van der Waals surface area contributed by atoms with Gasteiger partial charge in [-0.1, -0.05) is 0 Å². The Labute approximate surface area is 130 Å². The summed E-state index contributed by atoms with van der Waals surface area (Å²) >= 11 is 0. The fraction of sp³-hybridized carbons (Fsp3) is 0.500. The molecule has 1 aliphatic rings. The van der Waals surface area contributed by atoms with E-state index in [1.165, 1.54) is 12.0 Å². The van der Waals surface area contributed by atoms with E-state index in [-0.39, 0.29) is 18.0 Å². The van der Waals surface area contributed by atoms with Crippen molar-refractivity contribution in [3.63, 3.8) is 0 Å². The molecule has 7 nitrogen and oxygen atoms in total. The molecule has 1 aromatic carbocycles. The molecule has 0 bridgehead atoms. The number of nitrogens with one attached hydrogen (secondary N) is 1. The summed E-state index contributed by atoms with van der Waals surface area (Å²) in [6, 6.07) is 3.28. The average molecular weight is 328 g/mol. The molecule has 1 N–H and O–H groups in total. The topological polar surface area (TPSA) is 84.9 Å². The third kappa shape index (κ3) is 3.50. The highest BCUT2D eigenvalue weighted by Gasteiger charge is 2.24. The zero-order valence-electron chi connectivity index (χ0n) is 12.9. The molecule has 1 saturated heterocycles. The van der Waals surface area contributed by atoms with Gasteiger partial charge < -0.3 is 14.4 Å². The predicted octanol–water partition coefficient (Wildman–Crippen LogP) is 1.04. The van der Waals surface area contributed by atoms with Crippen LogP contribution in [0.25, 0.3) is 0 Å². The minimum atomic E-state index is -3.71. The van der Waals surface area contributed by atoms with Crippen molar-refractivity contribution in [3.8, 4) is 5.75 Å². The summed E-state index contributed by atoms with van der Waals surface area (Å²) in [5.74, 6) is 0.302. The van der Waals surface area contributed by atoms with E-state index in [1.54, 1.807) is 12.1 Å². The number of ether oxygens (including phenoxy) is 2. The molecule has 122 valence electrons. The lowest BCUT2D eigenvalue weighted by molar-refractivity contribution is 0.159. The summed E-state index contributed by atoms with van der Waals surface area (Å²) in [7, 11) is -2.27. The van der Waals surface area contributed by atoms with Gasteiger partial charge >= 0.3 is 6.09 Å². The fourth-order valence-electron chi connectivity index (χ4n) is 2.15. The van der Waals surface area contributed by atoms with E-state index in [4.69, 9.17) is 9.47 Å². The molecular formula is C14H20N2O5S. The Balaban J connectivity index is 2.10. The molecular weight excluding hydrogens is 308 g/mol. The van der Waals surface area contributed by atoms with Gasteiger partial charge in [0.1, 0.15) is 17.3 Å². The van der Waals surface area contributed by atoms with Crippen molar-refractivity contribution < 1.29 is 22.7 Å². The minimum absolute atomic E-state index is 0.0992. The highest BCUT2D eigenvalue weighted by Crippen LogP contribution is 2.27. The second-order valence-electron chi connectivity index (χ2n) is 5.09. The van der Waals surface area contributed by atoms with Crippen LogP contribution in [0.1, 0.15) is 11.1 Å². The van der Waals surface area contributed by atoms with E-state index in [0.717, 1.165) is 11.1 Å². The Morgan fingerprint density at radius 3 is 2.59 bits per heavy atom. The van der Waals surface area contributed by atoms with Gasteiger partial charge in [-0.05, 0) is 37.1 Å². The SMILES string of the molecule is COc1cc(C)c(C)cc1S(=O)(=O)NCCN1CCOC1=O. The highest BCUT2D eigenvalue weighted by molar-refractivity contribution is 7.89. The van der Waals surface area contributed by atoms with E-state index in [2.05, 4.69) is 4.72 Å². The molecule has 1 fully saturated rings.